The fraction of sp³-hybridized carbons (Fsp3) is 0. The third-order valence-electron chi connectivity index (χ3n) is 8.21. The zero-order chi connectivity index (χ0) is 32.1. The van der Waals surface area contributed by atoms with E-state index in [0.29, 0.717) is 5.82 Å². The molecule has 5 nitrogen and oxygen atoms in total. The first-order valence-electron chi connectivity index (χ1n) is 15.8. The van der Waals surface area contributed by atoms with E-state index < -0.39 is 0 Å². The van der Waals surface area contributed by atoms with E-state index in [2.05, 4.69) is 89.9 Å². The van der Waals surface area contributed by atoms with E-state index in [1.165, 1.54) is 0 Å². The highest BCUT2D eigenvalue weighted by molar-refractivity contribution is 5.84. The summed E-state index contributed by atoms with van der Waals surface area (Å²) in [7, 11) is 0. The van der Waals surface area contributed by atoms with Crippen LogP contribution in [0.2, 0.25) is 0 Å². The summed E-state index contributed by atoms with van der Waals surface area (Å²) < 4.78 is 0. The van der Waals surface area contributed by atoms with Gasteiger partial charge in [0.25, 0.3) is 0 Å². The fourth-order valence-electron chi connectivity index (χ4n) is 5.85. The van der Waals surface area contributed by atoms with Gasteiger partial charge < -0.3 is 0 Å². The molecule has 0 unspecified atom stereocenters. The number of nitrogens with zero attached hydrogens (tertiary/aromatic N) is 5. The Morgan fingerprint density at radius 1 is 0.292 bits per heavy atom. The lowest BCUT2D eigenvalue weighted by Gasteiger charge is -2.13. The maximum Gasteiger partial charge on any atom is 0.160 e. The van der Waals surface area contributed by atoms with Crippen LogP contribution in [0.1, 0.15) is 0 Å². The van der Waals surface area contributed by atoms with Gasteiger partial charge in [0.15, 0.2) is 5.82 Å². The van der Waals surface area contributed by atoms with Crippen LogP contribution in [0.5, 0.6) is 0 Å². The summed E-state index contributed by atoms with van der Waals surface area (Å²) in [6.07, 6.45) is 3.61. The normalized spacial score (nSPS) is 10.9. The van der Waals surface area contributed by atoms with Gasteiger partial charge in [0.2, 0.25) is 0 Å². The maximum absolute atomic E-state index is 5.11. The van der Waals surface area contributed by atoms with Crippen LogP contribution in [0.25, 0.3) is 78.9 Å². The Kier molecular flexibility index (Phi) is 7.83. The van der Waals surface area contributed by atoms with Crippen molar-refractivity contribution in [1.29, 1.82) is 0 Å². The predicted molar refractivity (Wildman–Crippen MR) is 193 cm³/mol. The van der Waals surface area contributed by atoms with Crippen LogP contribution in [0, 0.1) is 0 Å². The molecule has 4 aromatic carbocycles. The lowest BCUT2D eigenvalue weighted by molar-refractivity contribution is 1.18. The summed E-state index contributed by atoms with van der Waals surface area (Å²) in [5.41, 5.74) is 12.0. The number of rotatable bonds is 7. The Balaban J connectivity index is 1.26. The summed E-state index contributed by atoms with van der Waals surface area (Å²) in [6, 6.07) is 55.4. The Labute approximate surface area is 279 Å². The van der Waals surface area contributed by atoms with Crippen molar-refractivity contribution < 1.29 is 0 Å². The minimum Gasteiger partial charge on any atom is -0.255 e. The molecular formula is C43H29N5. The van der Waals surface area contributed by atoms with Gasteiger partial charge in [-0.15, -0.1) is 0 Å². The number of aromatic nitrogens is 5. The quantitative estimate of drug-likeness (QED) is 0.178. The zero-order valence-corrected chi connectivity index (χ0v) is 26.0. The van der Waals surface area contributed by atoms with Crippen LogP contribution in [0.4, 0.5) is 0 Å². The molecule has 226 valence electrons. The first-order chi connectivity index (χ1) is 23.8. The molecule has 0 aliphatic rings. The van der Waals surface area contributed by atoms with Crippen molar-refractivity contribution in [2.75, 3.05) is 0 Å². The first kappa shape index (κ1) is 28.9. The molecule has 8 aromatic rings. The van der Waals surface area contributed by atoms with E-state index >= 15 is 0 Å². The van der Waals surface area contributed by atoms with Crippen LogP contribution in [-0.2, 0) is 0 Å². The smallest absolute Gasteiger partial charge is 0.160 e. The molecule has 0 amide bonds. The second-order valence-electron chi connectivity index (χ2n) is 11.4. The maximum atomic E-state index is 5.11. The number of hydrogen-bond donors (Lipinski definition) is 0. The molecule has 0 aliphatic heterocycles. The molecule has 0 saturated heterocycles. The number of pyridine rings is 3. The van der Waals surface area contributed by atoms with E-state index in [1.807, 2.05) is 85.1 Å². The summed E-state index contributed by atoms with van der Waals surface area (Å²) >= 11 is 0. The van der Waals surface area contributed by atoms with E-state index in [1.54, 1.807) is 6.20 Å². The van der Waals surface area contributed by atoms with E-state index in [-0.39, 0.29) is 0 Å². The van der Waals surface area contributed by atoms with Gasteiger partial charge in [-0.1, -0.05) is 121 Å². The van der Waals surface area contributed by atoms with Gasteiger partial charge in [0.1, 0.15) is 0 Å². The molecule has 5 heteroatoms. The van der Waals surface area contributed by atoms with Gasteiger partial charge in [-0.05, 0) is 59.2 Å². The standard InChI is InChI=1S/C43H29N5/c1-4-14-30(15-5-1)35-27-40(37-23-10-11-24-44-37)46-41(28-35)42-36(22-13-25-45-42)33-20-12-21-34(26-33)43-47-38(31-16-6-2-7-17-31)29-39(48-43)32-18-8-3-9-19-32/h1-29H. The molecule has 8 rings (SSSR count). The molecule has 0 radical (unpaired) electrons. The van der Waals surface area contributed by atoms with Gasteiger partial charge in [-0.2, -0.15) is 0 Å². The van der Waals surface area contributed by atoms with Crippen LogP contribution in [0.3, 0.4) is 0 Å². The van der Waals surface area contributed by atoms with Crippen molar-refractivity contribution in [3.05, 3.63) is 176 Å². The molecule has 4 heterocycles. The Bertz CT molecular complexity index is 2210. The molecule has 0 N–H and O–H groups in total. The average Bonchev–Trinajstić information content (AvgIpc) is 3.19. The molecule has 0 bridgehead atoms. The van der Waals surface area contributed by atoms with Crippen molar-refractivity contribution in [1.82, 2.24) is 24.9 Å². The molecule has 48 heavy (non-hydrogen) atoms. The van der Waals surface area contributed by atoms with Crippen LogP contribution >= 0.6 is 0 Å². The summed E-state index contributed by atoms with van der Waals surface area (Å²) in [6.45, 7) is 0. The molecule has 0 spiro atoms. The summed E-state index contributed by atoms with van der Waals surface area (Å²) in [5.74, 6) is 0.657. The first-order valence-corrected chi connectivity index (χ1v) is 15.8. The lowest BCUT2D eigenvalue weighted by Crippen LogP contribution is -1.97. The van der Waals surface area contributed by atoms with E-state index in [0.717, 1.165) is 73.1 Å². The number of hydrogen-bond acceptors (Lipinski definition) is 5. The Morgan fingerprint density at radius 3 is 1.54 bits per heavy atom. The van der Waals surface area contributed by atoms with Crippen molar-refractivity contribution in [2.45, 2.75) is 0 Å². The molecular weight excluding hydrogens is 587 g/mol. The van der Waals surface area contributed by atoms with Crippen molar-refractivity contribution >= 4 is 0 Å². The lowest BCUT2D eigenvalue weighted by atomic mass is 9.97. The van der Waals surface area contributed by atoms with Gasteiger partial charge in [-0.25, -0.2) is 15.0 Å². The van der Waals surface area contributed by atoms with Crippen molar-refractivity contribution in [3.8, 4) is 78.9 Å². The number of benzene rings is 4. The molecule has 0 fully saturated rings. The minimum atomic E-state index is 0.657. The Hall–Kier alpha value is -6.59. The zero-order valence-electron chi connectivity index (χ0n) is 26.0. The highest BCUT2D eigenvalue weighted by atomic mass is 14.9. The summed E-state index contributed by atoms with van der Waals surface area (Å²) in [5, 5.41) is 0. The van der Waals surface area contributed by atoms with Gasteiger partial charge in [-0.3, -0.25) is 9.97 Å². The summed E-state index contributed by atoms with van der Waals surface area (Å²) in [4.78, 5) is 24.7. The van der Waals surface area contributed by atoms with Gasteiger partial charge >= 0.3 is 0 Å². The SMILES string of the molecule is c1ccc(-c2cc(-c3ccccn3)nc(-c3ncccc3-c3cccc(-c4nc(-c5ccccc5)cc(-c5ccccc5)n4)c3)c2)cc1. The third-order valence-corrected chi connectivity index (χ3v) is 8.21. The van der Waals surface area contributed by atoms with Crippen LogP contribution in [-0.4, -0.2) is 24.9 Å². The minimum absolute atomic E-state index is 0.657. The monoisotopic (exact) mass is 615 g/mol. The van der Waals surface area contributed by atoms with Gasteiger partial charge in [0, 0.05) is 34.6 Å². The third kappa shape index (κ3) is 6.00. The highest BCUT2D eigenvalue weighted by Crippen LogP contribution is 2.35. The fourth-order valence-corrected chi connectivity index (χ4v) is 5.85. The van der Waals surface area contributed by atoms with Crippen LogP contribution < -0.4 is 0 Å². The topological polar surface area (TPSA) is 64.5 Å². The largest absolute Gasteiger partial charge is 0.255 e. The Morgan fingerprint density at radius 2 is 0.875 bits per heavy atom. The van der Waals surface area contributed by atoms with Crippen molar-refractivity contribution in [3.63, 3.8) is 0 Å². The molecule has 0 atom stereocenters. The molecule has 0 saturated carbocycles. The predicted octanol–water partition coefficient (Wildman–Crippen LogP) is 10.3. The van der Waals surface area contributed by atoms with E-state index in [4.69, 9.17) is 19.9 Å². The average molecular weight is 616 g/mol. The van der Waals surface area contributed by atoms with Crippen molar-refractivity contribution in [2.24, 2.45) is 0 Å². The van der Waals surface area contributed by atoms with E-state index in [9.17, 15) is 0 Å². The van der Waals surface area contributed by atoms with Crippen LogP contribution in [0.15, 0.2) is 176 Å². The highest BCUT2D eigenvalue weighted by Gasteiger charge is 2.16. The molecule has 4 aromatic heterocycles. The van der Waals surface area contributed by atoms with Gasteiger partial charge in [0.05, 0.1) is 34.2 Å². The second-order valence-corrected chi connectivity index (χ2v) is 11.4. The second kappa shape index (κ2) is 13.0. The molecule has 0 aliphatic carbocycles.